The molecule has 7 nitrogen and oxygen atoms in total. The fraction of sp³-hybridized carbons (Fsp3) is 0.207. The molecule has 3 aromatic rings. The Morgan fingerprint density at radius 3 is 2.46 bits per heavy atom. The van der Waals surface area contributed by atoms with Crippen LogP contribution in [0, 0.1) is 5.82 Å². The summed E-state index contributed by atoms with van der Waals surface area (Å²) in [6.45, 7) is 4.20. The number of benzene rings is 2. The zero-order chi connectivity index (χ0) is 26.4. The van der Waals surface area contributed by atoms with E-state index in [2.05, 4.69) is 10.3 Å². The van der Waals surface area contributed by atoms with Gasteiger partial charge in [-0.1, -0.05) is 42.5 Å². The quantitative estimate of drug-likeness (QED) is 0.449. The van der Waals surface area contributed by atoms with Crippen LogP contribution in [-0.2, 0) is 25.6 Å². The van der Waals surface area contributed by atoms with E-state index in [0.717, 1.165) is 17.7 Å². The predicted molar refractivity (Wildman–Crippen MR) is 137 cm³/mol. The fourth-order valence-electron chi connectivity index (χ4n) is 4.38. The van der Waals surface area contributed by atoms with Crippen molar-refractivity contribution in [1.82, 2.24) is 14.9 Å². The minimum absolute atomic E-state index is 0.0263. The highest BCUT2D eigenvalue weighted by Gasteiger charge is 2.37. The zero-order valence-electron chi connectivity index (χ0n) is 20.9. The molecule has 0 aliphatic carbocycles. The number of imidazole rings is 1. The van der Waals surface area contributed by atoms with E-state index in [-0.39, 0.29) is 17.8 Å². The highest BCUT2D eigenvalue weighted by molar-refractivity contribution is 5.99. The number of methoxy groups -OCH3 is 1. The lowest BCUT2D eigenvalue weighted by Crippen LogP contribution is -2.32. The Kier molecular flexibility index (Phi) is 7.98. The van der Waals surface area contributed by atoms with Gasteiger partial charge in [-0.2, -0.15) is 0 Å². The molecule has 1 N–H and O–H groups in total. The summed E-state index contributed by atoms with van der Waals surface area (Å²) in [6.07, 6.45) is 9.03. The minimum Gasteiger partial charge on any atom is -0.466 e. The number of carbonyl (C=O) groups is 2. The van der Waals surface area contributed by atoms with E-state index in [1.807, 2.05) is 41.1 Å². The number of carbonyl (C=O) groups excluding carboxylic acids is 2. The summed E-state index contributed by atoms with van der Waals surface area (Å²) in [5, 5.41) is 3.07. The largest absolute Gasteiger partial charge is 0.466 e. The number of rotatable bonds is 8. The highest BCUT2D eigenvalue weighted by Crippen LogP contribution is 2.39. The molecule has 1 aliphatic heterocycles. The molecule has 37 heavy (non-hydrogen) atoms. The Labute approximate surface area is 214 Å². The Morgan fingerprint density at radius 2 is 1.81 bits per heavy atom. The van der Waals surface area contributed by atoms with Gasteiger partial charge < -0.3 is 19.4 Å². The van der Waals surface area contributed by atoms with Crippen molar-refractivity contribution >= 4 is 18.0 Å². The topological polar surface area (TPSA) is 82.5 Å². The second-order valence-corrected chi connectivity index (χ2v) is 8.66. The van der Waals surface area contributed by atoms with Crippen LogP contribution in [0.5, 0.6) is 0 Å². The lowest BCUT2D eigenvalue weighted by Gasteiger charge is -2.30. The van der Waals surface area contributed by atoms with Crippen LogP contribution in [0.25, 0.3) is 6.08 Å². The predicted octanol–water partition coefficient (Wildman–Crippen LogP) is 4.73. The molecule has 0 radical (unpaired) electrons. The van der Waals surface area contributed by atoms with E-state index < -0.39 is 23.7 Å². The van der Waals surface area contributed by atoms with Crippen LogP contribution in [0.1, 0.15) is 36.5 Å². The molecule has 0 saturated carbocycles. The third-order valence-corrected chi connectivity index (χ3v) is 6.09. The number of aromatic nitrogens is 2. The third kappa shape index (κ3) is 6.03. The molecule has 0 amide bonds. The number of hydrogen-bond donors (Lipinski definition) is 1. The molecule has 1 atom stereocenters. The standard InChI is InChI=1S/C29H28FN3O4/c1-19-25(28(34)36-3)27(23-7-4-8-24(30)16-23)26(20(2)32-19)29(35)37-15-5-6-21-9-11-22(12-10-21)17-33-14-13-31-18-33/h4-14,16,18,27,32H,15,17H2,1-3H3/b6-5+. The van der Waals surface area contributed by atoms with Gasteiger partial charge in [0.25, 0.3) is 0 Å². The van der Waals surface area contributed by atoms with E-state index >= 15 is 0 Å². The maximum absolute atomic E-state index is 14.1. The summed E-state index contributed by atoms with van der Waals surface area (Å²) in [5.74, 6) is -2.51. The van der Waals surface area contributed by atoms with Crippen molar-refractivity contribution < 1.29 is 23.5 Å². The first kappa shape index (κ1) is 25.6. The fourth-order valence-corrected chi connectivity index (χ4v) is 4.38. The SMILES string of the molecule is COC(=O)C1=C(C)NC(C)=C(C(=O)OC/C=C/c2ccc(Cn3ccnc3)cc2)C1c1cccc(F)c1. The van der Waals surface area contributed by atoms with Crippen molar-refractivity contribution in [3.05, 3.63) is 118 Å². The van der Waals surface area contributed by atoms with Crippen LogP contribution >= 0.6 is 0 Å². The lowest BCUT2D eigenvalue weighted by atomic mass is 9.80. The van der Waals surface area contributed by atoms with Gasteiger partial charge in [0.15, 0.2) is 0 Å². The Morgan fingerprint density at radius 1 is 1.08 bits per heavy atom. The molecule has 8 heteroatoms. The molecule has 0 fully saturated rings. The first-order valence-electron chi connectivity index (χ1n) is 11.8. The second-order valence-electron chi connectivity index (χ2n) is 8.66. The van der Waals surface area contributed by atoms with Gasteiger partial charge >= 0.3 is 11.9 Å². The van der Waals surface area contributed by atoms with Gasteiger partial charge in [-0.15, -0.1) is 0 Å². The van der Waals surface area contributed by atoms with Gasteiger partial charge in [-0.3, -0.25) is 0 Å². The average Bonchev–Trinajstić information content (AvgIpc) is 3.39. The minimum atomic E-state index is -0.830. The second kappa shape index (κ2) is 11.5. The number of hydrogen-bond acceptors (Lipinski definition) is 6. The normalized spacial score (nSPS) is 15.6. The molecular formula is C29H28FN3O4. The molecule has 4 rings (SSSR count). The highest BCUT2D eigenvalue weighted by atomic mass is 19.1. The Bertz CT molecular complexity index is 1370. The van der Waals surface area contributed by atoms with Crippen molar-refractivity contribution in [1.29, 1.82) is 0 Å². The number of halogens is 1. The third-order valence-electron chi connectivity index (χ3n) is 6.09. The van der Waals surface area contributed by atoms with Crippen molar-refractivity contribution in [2.75, 3.05) is 13.7 Å². The maximum Gasteiger partial charge on any atom is 0.337 e. The van der Waals surface area contributed by atoms with Crippen molar-refractivity contribution in [3.63, 3.8) is 0 Å². The molecule has 1 aliphatic rings. The van der Waals surface area contributed by atoms with Gasteiger partial charge in [-0.05, 0) is 48.7 Å². The Hall–Kier alpha value is -4.46. The summed E-state index contributed by atoms with van der Waals surface area (Å²) in [5.41, 5.74) is 4.09. The molecule has 190 valence electrons. The van der Waals surface area contributed by atoms with Gasteiger partial charge in [0, 0.05) is 30.3 Å². The summed E-state index contributed by atoms with van der Waals surface area (Å²) in [6, 6.07) is 13.9. The number of esters is 2. The van der Waals surface area contributed by atoms with Gasteiger partial charge in [0.05, 0.1) is 30.5 Å². The van der Waals surface area contributed by atoms with E-state index in [0.29, 0.717) is 17.0 Å². The summed E-state index contributed by atoms with van der Waals surface area (Å²) < 4.78 is 26.6. The molecule has 0 bridgehead atoms. The molecule has 0 saturated heterocycles. The Balaban J connectivity index is 1.47. The van der Waals surface area contributed by atoms with Gasteiger partial charge in [-0.25, -0.2) is 19.0 Å². The molecular weight excluding hydrogens is 473 g/mol. The molecule has 1 aromatic heterocycles. The summed E-state index contributed by atoms with van der Waals surface area (Å²) in [4.78, 5) is 29.9. The summed E-state index contributed by atoms with van der Waals surface area (Å²) in [7, 11) is 1.27. The van der Waals surface area contributed by atoms with Crippen LogP contribution in [0.2, 0.25) is 0 Å². The van der Waals surface area contributed by atoms with Crippen LogP contribution in [0.4, 0.5) is 4.39 Å². The van der Waals surface area contributed by atoms with E-state index in [1.165, 1.54) is 19.2 Å². The van der Waals surface area contributed by atoms with E-state index in [9.17, 15) is 14.0 Å². The zero-order valence-corrected chi connectivity index (χ0v) is 20.9. The number of dihydropyridines is 1. The molecule has 2 aromatic carbocycles. The number of ether oxygens (including phenoxy) is 2. The first-order valence-corrected chi connectivity index (χ1v) is 11.8. The van der Waals surface area contributed by atoms with Crippen molar-refractivity contribution in [3.8, 4) is 0 Å². The molecule has 1 unspecified atom stereocenters. The van der Waals surface area contributed by atoms with Gasteiger partial charge in [0.2, 0.25) is 0 Å². The number of nitrogens with one attached hydrogen (secondary N) is 1. The van der Waals surface area contributed by atoms with Crippen LogP contribution < -0.4 is 5.32 Å². The number of allylic oxidation sites excluding steroid dienone is 2. The smallest absolute Gasteiger partial charge is 0.337 e. The monoisotopic (exact) mass is 501 g/mol. The van der Waals surface area contributed by atoms with Gasteiger partial charge in [0.1, 0.15) is 12.4 Å². The van der Waals surface area contributed by atoms with Crippen molar-refractivity contribution in [2.45, 2.75) is 26.3 Å². The van der Waals surface area contributed by atoms with E-state index in [1.54, 1.807) is 44.6 Å². The van der Waals surface area contributed by atoms with Crippen LogP contribution in [0.3, 0.4) is 0 Å². The van der Waals surface area contributed by atoms with Crippen LogP contribution in [-0.4, -0.2) is 35.2 Å². The van der Waals surface area contributed by atoms with Crippen LogP contribution in [0.15, 0.2) is 95.9 Å². The van der Waals surface area contributed by atoms with Crippen molar-refractivity contribution in [2.24, 2.45) is 0 Å². The average molecular weight is 502 g/mol. The number of nitrogens with zero attached hydrogens (tertiary/aromatic N) is 2. The first-order chi connectivity index (χ1) is 17.9. The maximum atomic E-state index is 14.1. The lowest BCUT2D eigenvalue weighted by molar-refractivity contribution is -0.138. The summed E-state index contributed by atoms with van der Waals surface area (Å²) >= 11 is 0. The molecule has 0 spiro atoms. The van der Waals surface area contributed by atoms with E-state index in [4.69, 9.17) is 9.47 Å². The molecule has 2 heterocycles.